The van der Waals surface area contributed by atoms with Gasteiger partial charge in [0.25, 0.3) is 5.91 Å². The maximum atomic E-state index is 12.7. The molecule has 2 unspecified atom stereocenters. The average Bonchev–Trinajstić information content (AvgIpc) is 2.70. The van der Waals surface area contributed by atoms with E-state index in [0.29, 0.717) is 28.2 Å². The number of benzene rings is 1. The highest BCUT2D eigenvalue weighted by Crippen LogP contribution is 2.27. The maximum Gasteiger partial charge on any atom is 0.254 e. The van der Waals surface area contributed by atoms with E-state index in [1.165, 1.54) is 0 Å². The molecule has 0 spiro atoms. The van der Waals surface area contributed by atoms with E-state index in [-0.39, 0.29) is 17.4 Å². The summed E-state index contributed by atoms with van der Waals surface area (Å²) in [5.74, 6) is -0.264. The molecule has 3 rings (SSSR count). The number of nitrogens with zero attached hydrogens (tertiary/aromatic N) is 1. The number of carbonyl (C=O) groups is 1. The normalized spacial score (nSPS) is 27.4. The third-order valence-electron chi connectivity index (χ3n) is 3.71. The topological polar surface area (TPSA) is 63.7 Å². The van der Waals surface area contributed by atoms with E-state index < -0.39 is 22.0 Å². The van der Waals surface area contributed by atoms with Crippen LogP contribution in [0.15, 0.2) is 22.7 Å². The molecule has 2 heterocycles. The SMILES string of the molecule is O=C(c1cc(Cl)cc(Br)c1)N1CCOC2CS(=O)(=O)CC21. The Bertz CT molecular complexity index is 673. The van der Waals surface area contributed by atoms with Gasteiger partial charge in [0.1, 0.15) is 0 Å². The molecule has 0 aliphatic carbocycles. The average molecular weight is 395 g/mol. The van der Waals surface area contributed by atoms with Gasteiger partial charge in [-0.3, -0.25) is 4.79 Å². The third kappa shape index (κ3) is 3.11. The van der Waals surface area contributed by atoms with E-state index in [4.69, 9.17) is 16.3 Å². The summed E-state index contributed by atoms with van der Waals surface area (Å²) >= 11 is 9.27. The summed E-state index contributed by atoms with van der Waals surface area (Å²) in [6, 6.07) is 4.56. The number of carbonyl (C=O) groups excluding carboxylic acids is 1. The third-order valence-corrected chi connectivity index (χ3v) is 6.07. The van der Waals surface area contributed by atoms with E-state index in [1.54, 1.807) is 23.1 Å². The minimum absolute atomic E-state index is 0.0132. The molecular formula is C13H13BrClNO4S. The van der Waals surface area contributed by atoms with Gasteiger partial charge < -0.3 is 9.64 Å². The summed E-state index contributed by atoms with van der Waals surface area (Å²) in [5.41, 5.74) is 0.444. The number of rotatable bonds is 1. The van der Waals surface area contributed by atoms with Gasteiger partial charge in [0, 0.05) is 21.6 Å². The van der Waals surface area contributed by atoms with Crippen LogP contribution < -0.4 is 0 Å². The first-order valence-electron chi connectivity index (χ1n) is 6.45. The highest BCUT2D eigenvalue weighted by molar-refractivity contribution is 9.10. The molecular weight excluding hydrogens is 382 g/mol. The van der Waals surface area contributed by atoms with Crippen molar-refractivity contribution in [3.63, 3.8) is 0 Å². The van der Waals surface area contributed by atoms with Crippen molar-refractivity contribution < 1.29 is 17.9 Å². The van der Waals surface area contributed by atoms with Gasteiger partial charge in [0.15, 0.2) is 9.84 Å². The van der Waals surface area contributed by atoms with Crippen LogP contribution in [-0.2, 0) is 14.6 Å². The van der Waals surface area contributed by atoms with Crippen LogP contribution in [0.2, 0.25) is 5.02 Å². The first-order valence-corrected chi connectivity index (χ1v) is 9.44. The van der Waals surface area contributed by atoms with Gasteiger partial charge in [-0.15, -0.1) is 0 Å². The van der Waals surface area contributed by atoms with Crippen LogP contribution in [0.25, 0.3) is 0 Å². The van der Waals surface area contributed by atoms with Crippen molar-refractivity contribution in [2.75, 3.05) is 24.7 Å². The van der Waals surface area contributed by atoms with Gasteiger partial charge in [0.05, 0.1) is 30.3 Å². The number of fused-ring (bicyclic) bond motifs is 1. The Morgan fingerprint density at radius 1 is 1.33 bits per heavy atom. The summed E-state index contributed by atoms with van der Waals surface area (Å²) in [7, 11) is -3.15. The first kappa shape index (κ1) is 15.3. The zero-order valence-electron chi connectivity index (χ0n) is 11.0. The predicted octanol–water partition coefficient (Wildman–Crippen LogP) is 1.74. The number of hydrogen-bond donors (Lipinski definition) is 0. The highest BCUT2D eigenvalue weighted by Gasteiger charge is 2.45. The molecule has 1 aromatic rings. The van der Waals surface area contributed by atoms with Crippen molar-refractivity contribution in [2.24, 2.45) is 0 Å². The lowest BCUT2D eigenvalue weighted by Crippen LogP contribution is -2.53. The minimum Gasteiger partial charge on any atom is -0.373 e. The van der Waals surface area contributed by atoms with E-state index in [0.717, 1.165) is 0 Å². The smallest absolute Gasteiger partial charge is 0.254 e. The molecule has 0 aromatic heterocycles. The van der Waals surface area contributed by atoms with Crippen molar-refractivity contribution in [2.45, 2.75) is 12.1 Å². The summed E-state index contributed by atoms with van der Waals surface area (Å²) in [6.45, 7) is 0.740. The van der Waals surface area contributed by atoms with Gasteiger partial charge >= 0.3 is 0 Å². The Morgan fingerprint density at radius 3 is 2.81 bits per heavy atom. The molecule has 2 saturated heterocycles. The number of morpholine rings is 1. The van der Waals surface area contributed by atoms with Crippen molar-refractivity contribution in [1.82, 2.24) is 4.90 Å². The first-order chi connectivity index (χ1) is 9.85. The second kappa shape index (κ2) is 5.53. The van der Waals surface area contributed by atoms with Crippen LogP contribution >= 0.6 is 27.5 Å². The molecule has 2 aliphatic rings. The largest absolute Gasteiger partial charge is 0.373 e. The number of halogens is 2. The summed E-state index contributed by atoms with van der Waals surface area (Å²) < 4.78 is 29.7. The Balaban J connectivity index is 1.90. The molecule has 21 heavy (non-hydrogen) atoms. The molecule has 0 radical (unpaired) electrons. The van der Waals surface area contributed by atoms with Crippen molar-refractivity contribution in [1.29, 1.82) is 0 Å². The Morgan fingerprint density at radius 2 is 2.10 bits per heavy atom. The molecule has 0 bridgehead atoms. The molecule has 1 aromatic carbocycles. The number of hydrogen-bond acceptors (Lipinski definition) is 4. The molecule has 0 saturated carbocycles. The van der Waals surface area contributed by atoms with Crippen LogP contribution in [0.4, 0.5) is 0 Å². The van der Waals surface area contributed by atoms with Crippen LogP contribution in [0, 0.1) is 0 Å². The van der Waals surface area contributed by atoms with Gasteiger partial charge in [-0.25, -0.2) is 8.42 Å². The van der Waals surface area contributed by atoms with Crippen molar-refractivity contribution >= 4 is 43.3 Å². The van der Waals surface area contributed by atoms with Gasteiger partial charge in [0.2, 0.25) is 0 Å². The quantitative estimate of drug-likeness (QED) is 0.728. The van der Waals surface area contributed by atoms with Gasteiger partial charge in [-0.2, -0.15) is 0 Å². The van der Waals surface area contributed by atoms with Crippen LogP contribution in [-0.4, -0.2) is 56.0 Å². The number of amides is 1. The number of sulfone groups is 1. The predicted molar refractivity (Wildman–Crippen MR) is 82.4 cm³/mol. The van der Waals surface area contributed by atoms with E-state index >= 15 is 0 Å². The Hall–Kier alpha value is -0.630. The summed E-state index contributed by atoms with van der Waals surface area (Å²) in [4.78, 5) is 14.2. The second-order valence-electron chi connectivity index (χ2n) is 5.21. The van der Waals surface area contributed by atoms with E-state index in [9.17, 15) is 13.2 Å². The van der Waals surface area contributed by atoms with Crippen molar-refractivity contribution in [3.05, 3.63) is 33.3 Å². The lowest BCUT2D eigenvalue weighted by atomic mass is 10.1. The Kier molecular flexibility index (Phi) is 4.02. The fourth-order valence-electron chi connectivity index (χ4n) is 2.81. The number of ether oxygens (including phenoxy) is 1. The van der Waals surface area contributed by atoms with Crippen LogP contribution in [0.3, 0.4) is 0 Å². The Labute approximate surface area is 136 Å². The minimum atomic E-state index is -3.15. The summed E-state index contributed by atoms with van der Waals surface area (Å²) in [6.07, 6.45) is -0.421. The molecule has 2 atom stereocenters. The standard InChI is InChI=1S/C13H13BrClNO4S/c14-9-3-8(4-10(15)5-9)13(17)16-1-2-20-12-7-21(18,19)6-11(12)16/h3-5,11-12H,1-2,6-7H2. The van der Waals surface area contributed by atoms with E-state index in [1.807, 2.05) is 0 Å². The molecule has 114 valence electrons. The molecule has 2 fully saturated rings. The maximum absolute atomic E-state index is 12.7. The zero-order valence-corrected chi connectivity index (χ0v) is 14.1. The molecule has 8 heteroatoms. The molecule has 0 N–H and O–H groups in total. The van der Waals surface area contributed by atoms with Gasteiger partial charge in [-0.1, -0.05) is 27.5 Å². The molecule has 5 nitrogen and oxygen atoms in total. The van der Waals surface area contributed by atoms with Crippen LogP contribution in [0.1, 0.15) is 10.4 Å². The molecule has 1 amide bonds. The molecule has 2 aliphatic heterocycles. The monoisotopic (exact) mass is 393 g/mol. The summed E-state index contributed by atoms with van der Waals surface area (Å²) in [5, 5.41) is 0.455. The lowest BCUT2D eigenvalue weighted by molar-refractivity contribution is -0.0361. The lowest BCUT2D eigenvalue weighted by Gasteiger charge is -2.36. The fraction of sp³-hybridized carbons (Fsp3) is 0.462. The zero-order chi connectivity index (χ0) is 15.2. The second-order valence-corrected chi connectivity index (χ2v) is 8.72. The van der Waals surface area contributed by atoms with Gasteiger partial charge in [-0.05, 0) is 18.2 Å². The van der Waals surface area contributed by atoms with Crippen LogP contribution in [0.5, 0.6) is 0 Å². The van der Waals surface area contributed by atoms with E-state index in [2.05, 4.69) is 15.9 Å². The highest BCUT2D eigenvalue weighted by atomic mass is 79.9. The van der Waals surface area contributed by atoms with Crippen molar-refractivity contribution in [3.8, 4) is 0 Å². The fourth-order valence-corrected chi connectivity index (χ4v) is 5.54.